The highest BCUT2D eigenvalue weighted by atomic mass is 32.1. The molecule has 0 atom stereocenters. The van der Waals surface area contributed by atoms with Crippen LogP contribution in [0.4, 0.5) is 13.2 Å². The van der Waals surface area contributed by atoms with Crippen LogP contribution in [0, 0.1) is 12.7 Å². The van der Waals surface area contributed by atoms with E-state index in [0.29, 0.717) is 21.2 Å². The molecule has 2 aromatic carbocycles. The van der Waals surface area contributed by atoms with Crippen molar-refractivity contribution in [3.8, 4) is 0 Å². The van der Waals surface area contributed by atoms with Gasteiger partial charge in [0.25, 0.3) is 0 Å². The van der Waals surface area contributed by atoms with Crippen molar-refractivity contribution in [2.45, 2.75) is 20.1 Å². The minimum Gasteiger partial charge on any atom is -0.453 e. The van der Waals surface area contributed by atoms with E-state index in [9.17, 15) is 18.0 Å². The monoisotopic (exact) mass is 390 g/mol. The fourth-order valence-electron chi connectivity index (χ4n) is 3.06. The Balaban J connectivity index is 1.64. The summed E-state index contributed by atoms with van der Waals surface area (Å²) in [4.78, 5) is 16.8. The summed E-state index contributed by atoms with van der Waals surface area (Å²) in [6.45, 7) is -1.59. The number of para-hydroxylation sites is 2. The second-order valence-corrected chi connectivity index (χ2v) is 6.96. The number of rotatable bonds is 4. The first kappa shape index (κ1) is 17.5. The molecule has 2 aromatic heterocycles. The van der Waals surface area contributed by atoms with Gasteiger partial charge in [-0.25, -0.2) is 14.2 Å². The van der Waals surface area contributed by atoms with Gasteiger partial charge in [-0.15, -0.1) is 11.3 Å². The van der Waals surface area contributed by atoms with Gasteiger partial charge in [0.05, 0.1) is 11.0 Å². The van der Waals surface area contributed by atoms with E-state index in [4.69, 9.17) is 4.74 Å². The molecule has 0 aliphatic carbocycles. The number of carbonyl (C=O) groups is 1. The van der Waals surface area contributed by atoms with Crippen LogP contribution < -0.4 is 0 Å². The van der Waals surface area contributed by atoms with Crippen molar-refractivity contribution < 1.29 is 22.7 Å². The van der Waals surface area contributed by atoms with E-state index in [1.165, 1.54) is 12.1 Å². The number of thiophene rings is 1. The first-order chi connectivity index (χ1) is 13.0. The molecule has 0 fully saturated rings. The number of halogens is 3. The van der Waals surface area contributed by atoms with Gasteiger partial charge < -0.3 is 4.74 Å². The number of benzene rings is 2. The van der Waals surface area contributed by atoms with Crippen molar-refractivity contribution in [2.75, 3.05) is 0 Å². The molecule has 8 heteroatoms. The largest absolute Gasteiger partial charge is 0.453 e. The number of alkyl halides is 2. The summed E-state index contributed by atoms with van der Waals surface area (Å²) in [5.74, 6) is -1.16. The van der Waals surface area contributed by atoms with E-state index < -0.39 is 24.9 Å². The van der Waals surface area contributed by atoms with E-state index in [0.717, 1.165) is 15.9 Å². The average Bonchev–Trinajstić information content (AvgIpc) is 3.18. The number of imidazole rings is 1. The molecule has 27 heavy (non-hydrogen) atoms. The summed E-state index contributed by atoms with van der Waals surface area (Å²) in [6.07, 6.45) is 0. The molecule has 4 rings (SSSR count). The van der Waals surface area contributed by atoms with Crippen molar-refractivity contribution in [1.29, 1.82) is 0 Å². The van der Waals surface area contributed by atoms with Crippen LogP contribution in [0.15, 0.2) is 42.5 Å². The number of fused-ring (bicyclic) bond motifs is 2. The van der Waals surface area contributed by atoms with Crippen molar-refractivity contribution in [3.05, 3.63) is 64.5 Å². The molecule has 0 saturated carbocycles. The maximum Gasteiger partial charge on any atom is 0.349 e. The Morgan fingerprint density at radius 3 is 2.74 bits per heavy atom. The second kappa shape index (κ2) is 6.70. The molecule has 0 radical (unpaired) electrons. The molecule has 0 amide bonds. The quantitative estimate of drug-likeness (QED) is 0.435. The Bertz CT molecular complexity index is 1170. The van der Waals surface area contributed by atoms with E-state index in [-0.39, 0.29) is 16.2 Å². The summed E-state index contributed by atoms with van der Waals surface area (Å²) in [5.41, 5.74) is 1.13. The average molecular weight is 390 g/mol. The van der Waals surface area contributed by atoms with Crippen molar-refractivity contribution in [1.82, 2.24) is 9.55 Å². The molecule has 2 heterocycles. The van der Waals surface area contributed by atoms with Gasteiger partial charge in [-0.2, -0.15) is 8.78 Å². The van der Waals surface area contributed by atoms with Crippen molar-refractivity contribution in [3.63, 3.8) is 0 Å². The number of hydrogen-bond acceptors (Lipinski definition) is 4. The first-order valence-electron chi connectivity index (χ1n) is 8.06. The third-order valence-electron chi connectivity index (χ3n) is 4.28. The van der Waals surface area contributed by atoms with Gasteiger partial charge in [0.1, 0.15) is 17.3 Å². The number of aromatic nitrogens is 2. The fourth-order valence-corrected chi connectivity index (χ4v) is 4.17. The maximum absolute atomic E-state index is 14.0. The summed E-state index contributed by atoms with van der Waals surface area (Å²) >= 11 is 1.11. The summed E-state index contributed by atoms with van der Waals surface area (Å²) < 4.78 is 47.4. The Morgan fingerprint density at radius 1 is 1.22 bits per heavy atom. The standard InChI is InChI=1S/C19H13F3N2O2S/c1-10-16-11(20)5-4-8-14(16)27-17(10)18(25)26-9-15-23-12-6-2-3-7-13(12)24(15)19(21)22/h2-8,19H,9H2,1H3. The predicted molar refractivity (Wildman–Crippen MR) is 96.6 cm³/mol. The number of hydrogen-bond donors (Lipinski definition) is 0. The number of nitrogens with zero attached hydrogens (tertiary/aromatic N) is 2. The summed E-state index contributed by atoms with van der Waals surface area (Å²) in [7, 11) is 0. The van der Waals surface area contributed by atoms with E-state index in [1.54, 1.807) is 37.3 Å². The summed E-state index contributed by atoms with van der Waals surface area (Å²) in [5, 5.41) is 0.370. The number of aryl methyl sites for hydroxylation is 1. The maximum atomic E-state index is 14.0. The van der Waals surface area contributed by atoms with Gasteiger partial charge in [0.2, 0.25) is 0 Å². The minimum atomic E-state index is -2.81. The highest BCUT2D eigenvalue weighted by molar-refractivity contribution is 7.21. The molecule has 0 saturated heterocycles. The minimum absolute atomic E-state index is 0.0514. The molecule has 4 nitrogen and oxygen atoms in total. The van der Waals surface area contributed by atoms with Crippen LogP contribution >= 0.6 is 11.3 Å². The van der Waals surface area contributed by atoms with Crippen LogP contribution in [-0.4, -0.2) is 15.5 Å². The molecule has 138 valence electrons. The lowest BCUT2D eigenvalue weighted by molar-refractivity contribution is 0.0391. The predicted octanol–water partition coefficient (Wildman–Crippen LogP) is 5.45. The highest BCUT2D eigenvalue weighted by Crippen LogP contribution is 2.33. The van der Waals surface area contributed by atoms with Crippen molar-refractivity contribution in [2.24, 2.45) is 0 Å². The molecule has 0 spiro atoms. The zero-order valence-electron chi connectivity index (χ0n) is 14.1. The number of ether oxygens (including phenoxy) is 1. The van der Waals surface area contributed by atoms with Crippen LogP contribution in [-0.2, 0) is 11.3 Å². The van der Waals surface area contributed by atoms with Gasteiger partial charge in [0, 0.05) is 10.1 Å². The SMILES string of the molecule is Cc1c(C(=O)OCc2nc3ccccc3n2C(F)F)sc2cccc(F)c12. The van der Waals surface area contributed by atoms with Crippen LogP contribution in [0.1, 0.15) is 27.6 Å². The van der Waals surface area contributed by atoms with Crippen molar-refractivity contribution >= 4 is 38.4 Å². The van der Waals surface area contributed by atoms with Gasteiger partial charge in [-0.1, -0.05) is 18.2 Å². The van der Waals surface area contributed by atoms with Crippen LogP contribution in [0.2, 0.25) is 0 Å². The molecule has 4 aromatic rings. The normalized spacial score (nSPS) is 11.6. The van der Waals surface area contributed by atoms with Gasteiger partial charge in [-0.05, 0) is 36.8 Å². The van der Waals surface area contributed by atoms with Crippen LogP contribution in [0.5, 0.6) is 0 Å². The fraction of sp³-hybridized carbons (Fsp3) is 0.158. The second-order valence-electron chi connectivity index (χ2n) is 5.91. The topological polar surface area (TPSA) is 44.1 Å². The highest BCUT2D eigenvalue weighted by Gasteiger charge is 2.22. The Morgan fingerprint density at radius 2 is 2.00 bits per heavy atom. The van der Waals surface area contributed by atoms with Gasteiger partial charge >= 0.3 is 12.5 Å². The Kier molecular flexibility index (Phi) is 4.35. The Hall–Kier alpha value is -2.87. The third kappa shape index (κ3) is 2.95. The summed E-state index contributed by atoms with van der Waals surface area (Å²) in [6, 6.07) is 11.1. The molecule has 0 aliphatic rings. The van der Waals surface area contributed by atoms with Crippen LogP contribution in [0.25, 0.3) is 21.1 Å². The van der Waals surface area contributed by atoms with E-state index in [2.05, 4.69) is 4.98 Å². The van der Waals surface area contributed by atoms with Crippen LogP contribution in [0.3, 0.4) is 0 Å². The zero-order chi connectivity index (χ0) is 19.1. The molecule has 0 N–H and O–H groups in total. The number of carbonyl (C=O) groups excluding carboxylic acids is 1. The lowest BCUT2D eigenvalue weighted by Gasteiger charge is -2.08. The molecule has 0 unspecified atom stereocenters. The van der Waals surface area contributed by atoms with Gasteiger partial charge in [0.15, 0.2) is 5.82 Å². The lowest BCUT2D eigenvalue weighted by atomic mass is 10.1. The van der Waals surface area contributed by atoms with E-state index >= 15 is 0 Å². The molecule has 0 bridgehead atoms. The van der Waals surface area contributed by atoms with Gasteiger partial charge in [-0.3, -0.25) is 4.57 Å². The third-order valence-corrected chi connectivity index (χ3v) is 5.52. The first-order valence-corrected chi connectivity index (χ1v) is 8.87. The smallest absolute Gasteiger partial charge is 0.349 e. The molecule has 0 aliphatic heterocycles. The van der Waals surface area contributed by atoms with E-state index in [1.807, 2.05) is 0 Å². The Labute approximate surface area is 155 Å². The molecular formula is C19H13F3N2O2S. The number of esters is 1. The zero-order valence-corrected chi connectivity index (χ0v) is 14.9. The lowest BCUT2D eigenvalue weighted by Crippen LogP contribution is -2.10. The molecular weight excluding hydrogens is 377 g/mol.